The van der Waals surface area contributed by atoms with Gasteiger partial charge in [0.2, 0.25) is 0 Å². The van der Waals surface area contributed by atoms with Gasteiger partial charge < -0.3 is 24.4 Å². The van der Waals surface area contributed by atoms with Crippen molar-refractivity contribution in [2.45, 2.75) is 25.2 Å². The van der Waals surface area contributed by atoms with E-state index in [2.05, 4.69) is 34.8 Å². The molecule has 0 fully saturated rings. The van der Waals surface area contributed by atoms with Crippen LogP contribution in [0.5, 0.6) is 0 Å². The molecule has 1 unspecified atom stereocenters. The second kappa shape index (κ2) is 11.4. The van der Waals surface area contributed by atoms with Crippen molar-refractivity contribution in [3.05, 3.63) is 66.1 Å². The summed E-state index contributed by atoms with van der Waals surface area (Å²) in [6.45, 7) is -2.00. The molecular formula is C22H20F5N6O6P. The van der Waals surface area contributed by atoms with E-state index < -0.39 is 50.4 Å². The molecule has 4 aromatic rings. The van der Waals surface area contributed by atoms with Crippen LogP contribution in [0.15, 0.2) is 53.4 Å². The first-order valence-corrected chi connectivity index (χ1v) is 12.7. The Morgan fingerprint density at radius 1 is 1.12 bits per heavy atom. The van der Waals surface area contributed by atoms with E-state index in [0.717, 1.165) is 0 Å². The molecule has 0 saturated heterocycles. The summed E-state index contributed by atoms with van der Waals surface area (Å²) in [6.07, 6.45) is -3.06. The molecule has 4 rings (SSSR count). The maximum Gasteiger partial charge on any atom is 0.471 e. The molecule has 0 aliphatic carbocycles. The van der Waals surface area contributed by atoms with E-state index in [-0.39, 0.29) is 18.1 Å². The summed E-state index contributed by atoms with van der Waals surface area (Å²) < 4.78 is 95.3. The average molecular weight is 590 g/mol. The van der Waals surface area contributed by atoms with E-state index >= 15 is 0 Å². The number of phosphoric acid groups is 1. The van der Waals surface area contributed by atoms with Gasteiger partial charge >= 0.3 is 14.0 Å². The number of hydrogen-bond donors (Lipinski definition) is 3. The molecule has 0 spiro atoms. The number of benzene rings is 1. The lowest BCUT2D eigenvalue weighted by atomic mass is 10.1. The van der Waals surface area contributed by atoms with E-state index in [0.29, 0.717) is 30.1 Å². The smallest absolute Gasteiger partial charge is 0.364 e. The van der Waals surface area contributed by atoms with Gasteiger partial charge in [-0.3, -0.25) is 9.21 Å². The number of nitrogens with zero attached hydrogens (tertiary/aromatic N) is 5. The summed E-state index contributed by atoms with van der Waals surface area (Å²) in [5.41, 5.74) is -2.04. The van der Waals surface area contributed by atoms with Crippen molar-refractivity contribution in [2.75, 3.05) is 18.7 Å². The zero-order valence-electron chi connectivity index (χ0n) is 20.3. The fraction of sp³-hybridized carbons (Fsp3) is 0.273. The molecule has 12 nitrogen and oxygen atoms in total. The minimum atomic E-state index is -5.11. The predicted octanol–water partition coefficient (Wildman–Crippen LogP) is 4.14. The summed E-state index contributed by atoms with van der Waals surface area (Å²) in [7, 11) is -5.11. The molecule has 0 aliphatic rings. The van der Waals surface area contributed by atoms with E-state index in [1.165, 1.54) is 35.2 Å². The molecule has 214 valence electrons. The Morgan fingerprint density at radius 2 is 1.88 bits per heavy atom. The van der Waals surface area contributed by atoms with Crippen molar-refractivity contribution in [2.24, 2.45) is 0 Å². The molecular weight excluding hydrogens is 570 g/mol. The zero-order valence-corrected chi connectivity index (χ0v) is 21.2. The quantitative estimate of drug-likeness (QED) is 0.131. The molecule has 1 atom stereocenters. The van der Waals surface area contributed by atoms with Crippen molar-refractivity contribution in [1.29, 1.82) is 0 Å². The van der Waals surface area contributed by atoms with Gasteiger partial charge in [-0.15, -0.1) is 0 Å². The highest BCUT2D eigenvalue weighted by Gasteiger charge is 2.53. The Hall–Kier alpha value is -3.76. The molecule has 0 saturated carbocycles. The summed E-state index contributed by atoms with van der Waals surface area (Å²) in [5.74, 6) is -2.44. The maximum absolute atomic E-state index is 14.5. The first-order valence-electron chi connectivity index (χ1n) is 11.2. The molecule has 3 heterocycles. The number of alkyl halides is 3. The van der Waals surface area contributed by atoms with Gasteiger partial charge in [0.1, 0.15) is 23.5 Å². The van der Waals surface area contributed by atoms with Gasteiger partial charge in [0.05, 0.1) is 25.0 Å². The van der Waals surface area contributed by atoms with Gasteiger partial charge in [-0.25, -0.2) is 23.3 Å². The summed E-state index contributed by atoms with van der Waals surface area (Å²) in [6, 6.07) is 8.95. The third-order valence-electron chi connectivity index (χ3n) is 5.52. The van der Waals surface area contributed by atoms with Crippen LogP contribution in [0.4, 0.5) is 27.8 Å². The molecule has 18 heteroatoms. The van der Waals surface area contributed by atoms with E-state index in [9.17, 15) is 26.5 Å². The minimum Gasteiger partial charge on any atom is -0.364 e. The van der Waals surface area contributed by atoms with Crippen LogP contribution in [-0.4, -0.2) is 59.8 Å². The SMILES string of the molecule is CC(CNc1nc(-c2cc(-c3ccon3)n(Cc3ccccc3F)n2)ncc1F)(OCOP(=O)(O)O)C(F)(F)F. The van der Waals surface area contributed by atoms with Gasteiger partial charge in [0.15, 0.2) is 29.9 Å². The van der Waals surface area contributed by atoms with Gasteiger partial charge in [0.25, 0.3) is 0 Å². The van der Waals surface area contributed by atoms with Crippen LogP contribution >= 0.6 is 7.82 Å². The third-order valence-corrected chi connectivity index (χ3v) is 5.96. The second-order valence-corrected chi connectivity index (χ2v) is 9.64. The summed E-state index contributed by atoms with van der Waals surface area (Å²) >= 11 is 0. The van der Waals surface area contributed by atoms with Gasteiger partial charge in [-0.2, -0.15) is 18.3 Å². The fourth-order valence-electron chi connectivity index (χ4n) is 3.31. The van der Waals surface area contributed by atoms with Gasteiger partial charge in [0, 0.05) is 11.6 Å². The van der Waals surface area contributed by atoms with Crippen LogP contribution in [0.2, 0.25) is 0 Å². The fourth-order valence-corrected chi connectivity index (χ4v) is 3.50. The molecule has 0 aliphatic heterocycles. The Balaban J connectivity index is 1.61. The van der Waals surface area contributed by atoms with Crippen LogP contribution in [0.3, 0.4) is 0 Å². The number of rotatable bonds is 11. The van der Waals surface area contributed by atoms with Crippen molar-refractivity contribution in [3.63, 3.8) is 0 Å². The first-order chi connectivity index (χ1) is 18.8. The highest BCUT2D eigenvalue weighted by molar-refractivity contribution is 7.46. The van der Waals surface area contributed by atoms with Crippen LogP contribution in [-0.2, 0) is 20.4 Å². The van der Waals surface area contributed by atoms with Crippen LogP contribution < -0.4 is 5.32 Å². The third kappa shape index (κ3) is 6.86. The Labute approximate surface area is 222 Å². The van der Waals surface area contributed by atoms with Gasteiger partial charge in [-0.05, 0) is 19.1 Å². The molecule has 0 bridgehead atoms. The maximum atomic E-state index is 14.5. The lowest BCUT2D eigenvalue weighted by Crippen LogP contribution is -2.50. The molecule has 0 radical (unpaired) electrons. The van der Waals surface area contributed by atoms with Crippen LogP contribution in [0, 0.1) is 11.6 Å². The Kier molecular flexibility index (Phi) is 8.32. The first kappa shape index (κ1) is 29.2. The number of aromatic nitrogens is 5. The standard InChI is InChI=1S/C22H20F5N6O6P/c1-21(22(25,26)27,37-12-39-40(34,35)36)11-29-19-15(24)9-28-20(30-19)17-8-18(16-6-7-38-32-16)33(31-17)10-13-4-2-3-5-14(13)23/h2-9H,10-12H2,1H3,(H,28,29,30)(H2,34,35,36). The minimum absolute atomic E-state index is 0.0425. The lowest BCUT2D eigenvalue weighted by molar-refractivity contribution is -0.279. The number of phosphoric ester groups is 1. The van der Waals surface area contributed by atoms with Gasteiger partial charge in [-0.1, -0.05) is 23.4 Å². The highest BCUT2D eigenvalue weighted by atomic mass is 31.2. The van der Waals surface area contributed by atoms with Crippen molar-refractivity contribution < 1.29 is 50.1 Å². The topological polar surface area (TPSA) is 158 Å². The highest BCUT2D eigenvalue weighted by Crippen LogP contribution is 2.38. The molecule has 1 aromatic carbocycles. The lowest BCUT2D eigenvalue weighted by Gasteiger charge is -2.32. The molecule has 40 heavy (non-hydrogen) atoms. The van der Waals surface area contributed by atoms with Crippen molar-refractivity contribution in [1.82, 2.24) is 24.9 Å². The zero-order chi connectivity index (χ0) is 29.1. The number of hydrogen-bond acceptors (Lipinski definition) is 9. The van der Waals surface area contributed by atoms with E-state index in [4.69, 9.17) is 14.3 Å². The number of nitrogens with one attached hydrogen (secondary N) is 1. The van der Waals surface area contributed by atoms with Crippen LogP contribution in [0.25, 0.3) is 22.9 Å². The largest absolute Gasteiger partial charge is 0.471 e. The second-order valence-electron chi connectivity index (χ2n) is 8.40. The molecule has 0 amide bonds. The number of ether oxygens (including phenoxy) is 1. The Bertz CT molecular complexity index is 1510. The average Bonchev–Trinajstić information content (AvgIpc) is 3.54. The van der Waals surface area contributed by atoms with E-state index in [1.54, 1.807) is 12.1 Å². The Morgan fingerprint density at radius 3 is 2.52 bits per heavy atom. The normalized spacial score (nSPS) is 13.8. The molecule has 3 N–H and O–H groups in total. The number of anilines is 1. The van der Waals surface area contributed by atoms with Crippen molar-refractivity contribution >= 4 is 13.6 Å². The predicted molar refractivity (Wildman–Crippen MR) is 126 cm³/mol. The summed E-state index contributed by atoms with van der Waals surface area (Å²) in [4.78, 5) is 25.2. The number of halogens is 5. The summed E-state index contributed by atoms with van der Waals surface area (Å²) in [5, 5.41) is 10.4. The van der Waals surface area contributed by atoms with E-state index in [1.807, 2.05) is 0 Å². The monoisotopic (exact) mass is 590 g/mol. The van der Waals surface area contributed by atoms with Crippen molar-refractivity contribution in [3.8, 4) is 22.9 Å². The molecule has 3 aromatic heterocycles. The van der Waals surface area contributed by atoms with Crippen LogP contribution in [0.1, 0.15) is 12.5 Å².